The van der Waals surface area contributed by atoms with Crippen LogP contribution in [0.3, 0.4) is 0 Å². The molecular weight excluding hydrogens is 190 g/mol. The van der Waals surface area contributed by atoms with E-state index in [1.165, 1.54) is 5.56 Å². The number of rotatable bonds is 7. The van der Waals surface area contributed by atoms with Crippen molar-refractivity contribution in [3.63, 3.8) is 0 Å². The lowest BCUT2D eigenvalue weighted by Crippen LogP contribution is -2.14. The van der Waals surface area contributed by atoms with Gasteiger partial charge < -0.3 is 15.6 Å². The van der Waals surface area contributed by atoms with E-state index in [1.807, 2.05) is 17.0 Å². The highest BCUT2D eigenvalue weighted by molar-refractivity contribution is 5.73. The molecule has 84 valence electrons. The van der Waals surface area contributed by atoms with Gasteiger partial charge in [0, 0.05) is 31.9 Å². The Hall–Kier alpha value is -1.29. The standard InChI is InChI=1S/C11H19N3O/c1-2-5-13-8-10-3-6-14(9-10)7-4-11(12)15/h3,6,9,13H,2,4-5,7-8H2,1H3,(H2,12,15). The first-order valence-electron chi connectivity index (χ1n) is 5.36. The summed E-state index contributed by atoms with van der Waals surface area (Å²) in [5, 5.41) is 3.32. The number of nitrogens with one attached hydrogen (secondary N) is 1. The molecule has 1 aromatic heterocycles. The smallest absolute Gasteiger partial charge is 0.219 e. The molecule has 0 spiro atoms. The van der Waals surface area contributed by atoms with Crippen molar-refractivity contribution in [3.8, 4) is 0 Å². The molecule has 1 rings (SSSR count). The van der Waals surface area contributed by atoms with Crippen molar-refractivity contribution in [1.82, 2.24) is 9.88 Å². The van der Waals surface area contributed by atoms with Gasteiger partial charge in [-0.15, -0.1) is 0 Å². The van der Waals surface area contributed by atoms with Crippen molar-refractivity contribution < 1.29 is 4.79 Å². The number of nitrogens with zero attached hydrogens (tertiary/aromatic N) is 1. The number of amides is 1. The van der Waals surface area contributed by atoms with Crippen LogP contribution >= 0.6 is 0 Å². The lowest BCUT2D eigenvalue weighted by Gasteiger charge is -2.01. The maximum Gasteiger partial charge on any atom is 0.219 e. The Kier molecular flexibility index (Phi) is 4.90. The van der Waals surface area contributed by atoms with E-state index in [-0.39, 0.29) is 5.91 Å². The molecule has 0 saturated heterocycles. The first kappa shape index (κ1) is 11.8. The highest BCUT2D eigenvalue weighted by Gasteiger charge is 1.98. The molecule has 0 aliphatic rings. The largest absolute Gasteiger partial charge is 0.370 e. The average Bonchev–Trinajstić information content (AvgIpc) is 2.63. The highest BCUT2D eigenvalue weighted by atomic mass is 16.1. The number of nitrogens with two attached hydrogens (primary N) is 1. The van der Waals surface area contributed by atoms with Gasteiger partial charge in [0.15, 0.2) is 0 Å². The lowest BCUT2D eigenvalue weighted by molar-refractivity contribution is -0.118. The molecule has 0 aromatic carbocycles. The summed E-state index contributed by atoms with van der Waals surface area (Å²) in [6, 6.07) is 2.06. The van der Waals surface area contributed by atoms with E-state index in [0.717, 1.165) is 19.5 Å². The number of carbonyl (C=O) groups excluding carboxylic acids is 1. The van der Waals surface area contributed by atoms with E-state index in [9.17, 15) is 4.79 Å². The van der Waals surface area contributed by atoms with E-state index in [4.69, 9.17) is 5.73 Å². The Bertz CT molecular complexity index is 307. The first-order chi connectivity index (χ1) is 7.22. The second-order valence-corrected chi connectivity index (χ2v) is 3.65. The molecular formula is C11H19N3O. The van der Waals surface area contributed by atoms with Crippen molar-refractivity contribution in [3.05, 3.63) is 24.0 Å². The van der Waals surface area contributed by atoms with Gasteiger partial charge in [0.05, 0.1) is 0 Å². The third kappa shape index (κ3) is 4.65. The Balaban J connectivity index is 2.32. The topological polar surface area (TPSA) is 60.1 Å². The van der Waals surface area contributed by atoms with Crippen molar-refractivity contribution in [2.75, 3.05) is 6.54 Å². The zero-order valence-electron chi connectivity index (χ0n) is 9.20. The quantitative estimate of drug-likeness (QED) is 0.654. The molecule has 4 heteroatoms. The fourth-order valence-electron chi connectivity index (χ4n) is 1.38. The third-order valence-electron chi connectivity index (χ3n) is 2.18. The minimum Gasteiger partial charge on any atom is -0.370 e. The van der Waals surface area contributed by atoms with E-state index in [1.54, 1.807) is 0 Å². The third-order valence-corrected chi connectivity index (χ3v) is 2.18. The van der Waals surface area contributed by atoms with Crippen molar-refractivity contribution >= 4 is 5.91 Å². The monoisotopic (exact) mass is 209 g/mol. The Labute approximate surface area is 90.5 Å². The number of primary amides is 1. The minimum atomic E-state index is -0.255. The molecule has 0 aliphatic heterocycles. The normalized spacial score (nSPS) is 10.5. The molecule has 0 bridgehead atoms. The van der Waals surface area contributed by atoms with E-state index in [2.05, 4.69) is 18.3 Å². The molecule has 1 heterocycles. The highest BCUT2D eigenvalue weighted by Crippen LogP contribution is 2.01. The fraction of sp³-hybridized carbons (Fsp3) is 0.545. The Morgan fingerprint density at radius 1 is 1.60 bits per heavy atom. The van der Waals surface area contributed by atoms with Crippen LogP contribution in [0.1, 0.15) is 25.3 Å². The minimum absolute atomic E-state index is 0.255. The molecule has 0 fully saturated rings. The van der Waals surface area contributed by atoms with Crippen LogP contribution in [0.25, 0.3) is 0 Å². The van der Waals surface area contributed by atoms with Gasteiger partial charge in [0.25, 0.3) is 0 Å². The Morgan fingerprint density at radius 2 is 2.40 bits per heavy atom. The predicted octanol–water partition coefficient (Wildman–Crippen LogP) is 0.863. The number of aryl methyl sites for hydroxylation is 1. The number of aromatic nitrogens is 1. The first-order valence-corrected chi connectivity index (χ1v) is 5.36. The summed E-state index contributed by atoms with van der Waals surface area (Å²) in [6.07, 6.45) is 5.57. The summed E-state index contributed by atoms with van der Waals surface area (Å²) < 4.78 is 1.99. The molecule has 0 aliphatic carbocycles. The number of carbonyl (C=O) groups is 1. The second kappa shape index (κ2) is 6.24. The summed E-state index contributed by atoms with van der Waals surface area (Å²) in [5.74, 6) is -0.255. The summed E-state index contributed by atoms with van der Waals surface area (Å²) in [4.78, 5) is 10.6. The van der Waals surface area contributed by atoms with Gasteiger partial charge >= 0.3 is 0 Å². The van der Waals surface area contributed by atoms with Gasteiger partial charge in [-0.05, 0) is 24.6 Å². The molecule has 15 heavy (non-hydrogen) atoms. The summed E-state index contributed by atoms with van der Waals surface area (Å²) in [6.45, 7) is 4.73. The molecule has 0 unspecified atom stereocenters. The van der Waals surface area contributed by atoms with Crippen LogP contribution in [-0.2, 0) is 17.9 Å². The van der Waals surface area contributed by atoms with Gasteiger partial charge in [-0.2, -0.15) is 0 Å². The van der Waals surface area contributed by atoms with Crippen LogP contribution in [0, 0.1) is 0 Å². The van der Waals surface area contributed by atoms with Gasteiger partial charge in [-0.25, -0.2) is 0 Å². The SMILES string of the molecule is CCCNCc1ccn(CCC(N)=O)c1. The molecule has 1 aromatic rings. The van der Waals surface area contributed by atoms with E-state index < -0.39 is 0 Å². The number of hydrogen-bond acceptors (Lipinski definition) is 2. The van der Waals surface area contributed by atoms with Crippen LogP contribution in [0.15, 0.2) is 18.5 Å². The molecule has 0 atom stereocenters. The van der Waals surface area contributed by atoms with Crippen LogP contribution in [0.4, 0.5) is 0 Å². The fourth-order valence-corrected chi connectivity index (χ4v) is 1.38. The zero-order valence-corrected chi connectivity index (χ0v) is 9.20. The maximum atomic E-state index is 10.6. The van der Waals surface area contributed by atoms with Crippen molar-refractivity contribution in [2.45, 2.75) is 32.9 Å². The van der Waals surface area contributed by atoms with Crippen LogP contribution < -0.4 is 11.1 Å². The maximum absolute atomic E-state index is 10.6. The second-order valence-electron chi connectivity index (χ2n) is 3.65. The van der Waals surface area contributed by atoms with Crippen LogP contribution in [0.2, 0.25) is 0 Å². The molecule has 3 N–H and O–H groups in total. The summed E-state index contributed by atoms with van der Waals surface area (Å²) in [7, 11) is 0. The van der Waals surface area contributed by atoms with Crippen LogP contribution in [0.5, 0.6) is 0 Å². The van der Waals surface area contributed by atoms with Gasteiger partial charge in [-0.1, -0.05) is 6.92 Å². The molecule has 1 amide bonds. The summed E-state index contributed by atoms with van der Waals surface area (Å²) in [5.41, 5.74) is 6.32. The lowest BCUT2D eigenvalue weighted by atomic mass is 10.3. The van der Waals surface area contributed by atoms with Crippen molar-refractivity contribution in [2.24, 2.45) is 5.73 Å². The average molecular weight is 209 g/mol. The van der Waals surface area contributed by atoms with Crippen LogP contribution in [-0.4, -0.2) is 17.0 Å². The zero-order chi connectivity index (χ0) is 11.1. The summed E-state index contributed by atoms with van der Waals surface area (Å²) >= 11 is 0. The molecule has 4 nitrogen and oxygen atoms in total. The van der Waals surface area contributed by atoms with Gasteiger partial charge in [0.2, 0.25) is 5.91 Å². The number of hydrogen-bond donors (Lipinski definition) is 2. The predicted molar refractivity (Wildman–Crippen MR) is 60.2 cm³/mol. The molecule has 0 saturated carbocycles. The Morgan fingerprint density at radius 3 is 3.07 bits per heavy atom. The van der Waals surface area contributed by atoms with Gasteiger partial charge in [0.1, 0.15) is 0 Å². The van der Waals surface area contributed by atoms with E-state index >= 15 is 0 Å². The van der Waals surface area contributed by atoms with E-state index in [0.29, 0.717) is 13.0 Å². The van der Waals surface area contributed by atoms with Gasteiger partial charge in [-0.3, -0.25) is 4.79 Å². The van der Waals surface area contributed by atoms with Crippen molar-refractivity contribution in [1.29, 1.82) is 0 Å². The molecule has 0 radical (unpaired) electrons.